The maximum atomic E-state index is 12.6. The number of aryl methyl sites for hydroxylation is 1. The van der Waals surface area contributed by atoms with E-state index in [2.05, 4.69) is 10.2 Å². The largest absolute Gasteiger partial charge is 0.379 e. The molecule has 0 aliphatic rings. The van der Waals surface area contributed by atoms with Crippen molar-refractivity contribution in [2.75, 3.05) is 6.61 Å². The molecule has 116 valence electrons. The van der Waals surface area contributed by atoms with Gasteiger partial charge in [0.2, 0.25) is 5.78 Å². The van der Waals surface area contributed by atoms with E-state index in [-0.39, 0.29) is 17.4 Å². The second kappa shape index (κ2) is 5.76. The number of benzene rings is 1. The molecule has 0 atom stereocenters. The van der Waals surface area contributed by atoms with Gasteiger partial charge >= 0.3 is 5.69 Å². The Morgan fingerprint density at radius 3 is 2.82 bits per heavy atom. The van der Waals surface area contributed by atoms with Crippen LogP contribution in [0, 0.1) is 0 Å². The first kappa shape index (κ1) is 14.5. The van der Waals surface area contributed by atoms with Gasteiger partial charge in [0.15, 0.2) is 0 Å². The van der Waals surface area contributed by atoms with Crippen LogP contribution >= 0.6 is 0 Å². The number of hydrogen-bond acceptors (Lipinski definition) is 4. The molecule has 0 unspecified atom stereocenters. The van der Waals surface area contributed by atoms with Crippen LogP contribution in [-0.2, 0) is 11.3 Å². The molecule has 0 fully saturated rings. The average Bonchev–Trinajstić information content (AvgIpc) is 2.88. The Hall–Kier alpha value is -2.41. The lowest BCUT2D eigenvalue weighted by molar-refractivity contribution is 0.0748. The number of nitrogens with zero attached hydrogens (tertiary/aromatic N) is 3. The van der Waals surface area contributed by atoms with E-state index in [0.717, 1.165) is 0 Å². The van der Waals surface area contributed by atoms with Crippen LogP contribution in [0.4, 0.5) is 0 Å². The number of fused-ring (bicyclic) bond motifs is 3. The van der Waals surface area contributed by atoms with Crippen molar-refractivity contribution in [2.24, 2.45) is 0 Å². The van der Waals surface area contributed by atoms with Crippen molar-refractivity contribution in [3.05, 3.63) is 45.1 Å². The van der Waals surface area contributed by atoms with Gasteiger partial charge in [0.05, 0.1) is 17.0 Å². The number of rotatable bonds is 5. The molecule has 3 aromatic rings. The maximum Gasteiger partial charge on any atom is 0.349 e. The van der Waals surface area contributed by atoms with E-state index in [0.29, 0.717) is 36.3 Å². The Bertz CT molecular complexity index is 920. The third-order valence-corrected chi connectivity index (χ3v) is 3.49. The third kappa shape index (κ3) is 2.43. The maximum absolute atomic E-state index is 12.6. The minimum absolute atomic E-state index is 0.147. The number of hydrogen-bond donors (Lipinski definition) is 1. The zero-order valence-corrected chi connectivity index (χ0v) is 12.6. The summed E-state index contributed by atoms with van der Waals surface area (Å²) in [7, 11) is 0. The fourth-order valence-electron chi connectivity index (χ4n) is 2.52. The first-order chi connectivity index (χ1) is 10.6. The fraction of sp³-hybridized carbons (Fsp3) is 0.400. The highest BCUT2D eigenvalue weighted by molar-refractivity contribution is 5.79. The zero-order chi connectivity index (χ0) is 15.7. The smallest absolute Gasteiger partial charge is 0.349 e. The molecule has 3 rings (SSSR count). The molecular formula is C15H18N4O3. The third-order valence-electron chi connectivity index (χ3n) is 3.49. The van der Waals surface area contributed by atoms with E-state index >= 15 is 0 Å². The van der Waals surface area contributed by atoms with E-state index in [1.807, 2.05) is 13.8 Å². The van der Waals surface area contributed by atoms with Crippen molar-refractivity contribution in [1.29, 1.82) is 0 Å². The van der Waals surface area contributed by atoms with Crippen LogP contribution in [0.3, 0.4) is 0 Å². The van der Waals surface area contributed by atoms with Gasteiger partial charge in [-0.05, 0) is 32.4 Å². The summed E-state index contributed by atoms with van der Waals surface area (Å²) in [6, 6.07) is 7.04. The van der Waals surface area contributed by atoms with Crippen molar-refractivity contribution >= 4 is 16.7 Å². The minimum atomic E-state index is -0.349. The van der Waals surface area contributed by atoms with Gasteiger partial charge in [0, 0.05) is 13.2 Å². The highest BCUT2D eigenvalue weighted by atomic mass is 16.5. The second-order valence-corrected chi connectivity index (χ2v) is 5.41. The molecule has 22 heavy (non-hydrogen) atoms. The van der Waals surface area contributed by atoms with Gasteiger partial charge in [-0.15, -0.1) is 5.10 Å². The number of nitrogens with one attached hydrogen (secondary N) is 1. The molecule has 0 saturated carbocycles. The van der Waals surface area contributed by atoms with Crippen molar-refractivity contribution in [3.8, 4) is 0 Å². The molecule has 1 aromatic carbocycles. The second-order valence-electron chi connectivity index (χ2n) is 5.41. The van der Waals surface area contributed by atoms with Gasteiger partial charge in [-0.2, -0.15) is 0 Å². The van der Waals surface area contributed by atoms with Crippen LogP contribution in [-0.4, -0.2) is 31.9 Å². The molecule has 2 heterocycles. The molecular weight excluding hydrogens is 284 g/mol. The first-order valence-corrected chi connectivity index (χ1v) is 7.30. The summed E-state index contributed by atoms with van der Waals surface area (Å²) in [5.74, 6) is 0.332. The molecule has 0 radical (unpaired) electrons. The fourth-order valence-corrected chi connectivity index (χ4v) is 2.52. The lowest BCUT2D eigenvalue weighted by Crippen LogP contribution is -2.26. The molecule has 0 spiro atoms. The van der Waals surface area contributed by atoms with Crippen LogP contribution in [0.15, 0.2) is 33.9 Å². The molecule has 0 aliphatic heterocycles. The monoisotopic (exact) mass is 302 g/mol. The molecule has 0 saturated heterocycles. The number of para-hydroxylation sites is 1. The van der Waals surface area contributed by atoms with Crippen LogP contribution in [0.2, 0.25) is 0 Å². The van der Waals surface area contributed by atoms with Gasteiger partial charge < -0.3 is 4.74 Å². The highest BCUT2D eigenvalue weighted by Gasteiger charge is 2.13. The van der Waals surface area contributed by atoms with E-state index in [1.165, 1.54) is 8.97 Å². The number of aromatic amines is 1. The van der Waals surface area contributed by atoms with Crippen LogP contribution in [0.1, 0.15) is 20.3 Å². The van der Waals surface area contributed by atoms with Gasteiger partial charge in [-0.1, -0.05) is 12.1 Å². The van der Waals surface area contributed by atoms with Gasteiger partial charge in [0.25, 0.3) is 5.56 Å². The standard InChI is InChI=1S/C15H18N4O3/c1-10(2)22-9-5-8-18-13(20)11-6-3-4-7-12(11)19-14(18)16-17-15(19)21/h3-4,6-7,10H,5,8-9H2,1-2H3,(H,17,21). The van der Waals surface area contributed by atoms with Crippen molar-refractivity contribution < 1.29 is 4.74 Å². The highest BCUT2D eigenvalue weighted by Crippen LogP contribution is 2.10. The lowest BCUT2D eigenvalue weighted by atomic mass is 10.2. The summed E-state index contributed by atoms with van der Waals surface area (Å²) in [5.41, 5.74) is 0.0703. The van der Waals surface area contributed by atoms with Crippen molar-refractivity contribution in [1.82, 2.24) is 19.2 Å². The van der Waals surface area contributed by atoms with E-state index in [1.54, 1.807) is 24.3 Å². The molecule has 7 nitrogen and oxygen atoms in total. The molecule has 1 N–H and O–H groups in total. The van der Waals surface area contributed by atoms with Crippen LogP contribution < -0.4 is 11.2 Å². The minimum Gasteiger partial charge on any atom is -0.379 e. The van der Waals surface area contributed by atoms with Gasteiger partial charge in [0.1, 0.15) is 0 Å². The van der Waals surface area contributed by atoms with E-state index < -0.39 is 0 Å². The summed E-state index contributed by atoms with van der Waals surface area (Å²) in [6.45, 7) is 4.93. The SMILES string of the molecule is CC(C)OCCCn1c(=O)c2ccccc2n2c(=O)[nH]nc12. The topological polar surface area (TPSA) is 81.4 Å². The van der Waals surface area contributed by atoms with Gasteiger partial charge in [-0.3, -0.25) is 9.36 Å². The molecule has 0 bridgehead atoms. The average molecular weight is 302 g/mol. The summed E-state index contributed by atoms with van der Waals surface area (Å²) in [6.07, 6.45) is 0.828. The Balaban J connectivity index is 2.10. The van der Waals surface area contributed by atoms with Crippen LogP contribution in [0.25, 0.3) is 16.7 Å². The summed E-state index contributed by atoms with van der Waals surface area (Å²) in [4.78, 5) is 24.6. The number of H-pyrrole nitrogens is 1. The van der Waals surface area contributed by atoms with Crippen LogP contribution in [0.5, 0.6) is 0 Å². The molecule has 0 aliphatic carbocycles. The lowest BCUT2D eigenvalue weighted by Gasteiger charge is -2.11. The van der Waals surface area contributed by atoms with E-state index in [9.17, 15) is 9.59 Å². The Morgan fingerprint density at radius 2 is 2.05 bits per heavy atom. The Morgan fingerprint density at radius 1 is 1.27 bits per heavy atom. The Labute approximate surface area is 126 Å². The number of aromatic nitrogens is 4. The molecule has 2 aromatic heterocycles. The quantitative estimate of drug-likeness (QED) is 0.717. The normalized spacial score (nSPS) is 11.8. The summed E-state index contributed by atoms with van der Waals surface area (Å²) >= 11 is 0. The van der Waals surface area contributed by atoms with E-state index in [4.69, 9.17) is 4.74 Å². The predicted octanol–water partition coefficient (Wildman–Crippen LogP) is 1.15. The molecule has 0 amide bonds. The van der Waals surface area contributed by atoms with Gasteiger partial charge in [-0.25, -0.2) is 14.3 Å². The molecule has 7 heteroatoms. The van der Waals surface area contributed by atoms with Crippen molar-refractivity contribution in [3.63, 3.8) is 0 Å². The summed E-state index contributed by atoms with van der Waals surface area (Å²) < 4.78 is 8.44. The predicted molar refractivity (Wildman–Crippen MR) is 83.3 cm³/mol. The summed E-state index contributed by atoms with van der Waals surface area (Å²) in [5, 5.41) is 6.91. The number of ether oxygens (including phenoxy) is 1. The van der Waals surface area contributed by atoms with Crippen molar-refractivity contribution in [2.45, 2.75) is 32.9 Å². The Kier molecular flexibility index (Phi) is 3.81. The zero-order valence-electron chi connectivity index (χ0n) is 12.6. The first-order valence-electron chi connectivity index (χ1n) is 7.30.